The minimum absolute atomic E-state index is 0.0532. The Balaban J connectivity index is 1.45. The molecule has 1 fully saturated rings. The first-order valence-corrected chi connectivity index (χ1v) is 8.51. The number of hydrogen-bond acceptors (Lipinski definition) is 6. The molecule has 8 heteroatoms. The predicted octanol–water partition coefficient (Wildman–Crippen LogP) is 1.02. The zero-order valence-electron chi connectivity index (χ0n) is 14.3. The van der Waals surface area contributed by atoms with E-state index in [1.54, 1.807) is 48.5 Å². The number of nitrogens with zero attached hydrogens (tertiary/aromatic N) is 1. The highest BCUT2D eigenvalue weighted by molar-refractivity contribution is 6.22. The maximum absolute atomic E-state index is 12.7. The number of imide groups is 1. The largest absolute Gasteiger partial charge is 0.486 e. The van der Waals surface area contributed by atoms with Gasteiger partial charge in [-0.1, -0.05) is 18.2 Å². The SMILES string of the molecule is O=C(NN[C@H]1CC(=O)N(c2ccc3c(c2)OCCO3)C1=O)c1ccccc1. The molecule has 2 aliphatic heterocycles. The lowest BCUT2D eigenvalue weighted by molar-refractivity contribution is -0.121. The summed E-state index contributed by atoms with van der Waals surface area (Å²) in [4.78, 5) is 38.2. The molecule has 8 nitrogen and oxygen atoms in total. The Hall–Kier alpha value is -3.39. The van der Waals surface area contributed by atoms with Crippen molar-refractivity contribution < 1.29 is 23.9 Å². The number of nitrogens with one attached hydrogen (secondary N) is 2. The van der Waals surface area contributed by atoms with Crippen LogP contribution >= 0.6 is 0 Å². The van der Waals surface area contributed by atoms with Crippen LogP contribution in [0.15, 0.2) is 48.5 Å². The number of rotatable bonds is 4. The van der Waals surface area contributed by atoms with Crippen LogP contribution in [0, 0.1) is 0 Å². The van der Waals surface area contributed by atoms with Crippen LogP contribution in [0.25, 0.3) is 0 Å². The van der Waals surface area contributed by atoms with Crippen molar-refractivity contribution >= 4 is 23.4 Å². The van der Waals surface area contributed by atoms with Gasteiger partial charge in [0.25, 0.3) is 11.8 Å². The number of carbonyl (C=O) groups is 3. The van der Waals surface area contributed by atoms with Crippen LogP contribution in [0.3, 0.4) is 0 Å². The molecule has 0 aromatic heterocycles. The van der Waals surface area contributed by atoms with E-state index >= 15 is 0 Å². The topological polar surface area (TPSA) is 97.0 Å². The average molecular weight is 367 g/mol. The predicted molar refractivity (Wildman–Crippen MR) is 95.4 cm³/mol. The Kier molecular flexibility index (Phi) is 4.47. The molecule has 0 spiro atoms. The lowest BCUT2D eigenvalue weighted by atomic mass is 10.2. The van der Waals surface area contributed by atoms with Crippen LogP contribution in [0.2, 0.25) is 0 Å². The molecule has 2 aliphatic rings. The summed E-state index contributed by atoms with van der Waals surface area (Å²) in [5.74, 6) is -0.108. The van der Waals surface area contributed by atoms with Crippen molar-refractivity contribution in [2.24, 2.45) is 0 Å². The molecule has 1 atom stereocenters. The molecule has 0 radical (unpaired) electrons. The normalized spacial score (nSPS) is 18.5. The van der Waals surface area contributed by atoms with Crippen molar-refractivity contribution in [2.45, 2.75) is 12.5 Å². The Labute approximate surface area is 155 Å². The van der Waals surface area contributed by atoms with Crippen molar-refractivity contribution in [3.63, 3.8) is 0 Å². The highest BCUT2D eigenvalue weighted by atomic mass is 16.6. The van der Waals surface area contributed by atoms with E-state index in [1.807, 2.05) is 0 Å². The van der Waals surface area contributed by atoms with E-state index in [0.29, 0.717) is 36.0 Å². The number of benzene rings is 2. The van der Waals surface area contributed by atoms with Gasteiger partial charge in [-0.15, -0.1) is 0 Å². The molecule has 2 N–H and O–H groups in total. The number of anilines is 1. The summed E-state index contributed by atoms with van der Waals surface area (Å²) >= 11 is 0. The summed E-state index contributed by atoms with van der Waals surface area (Å²) in [6, 6.07) is 12.7. The van der Waals surface area contributed by atoms with Gasteiger partial charge in [-0.05, 0) is 24.3 Å². The van der Waals surface area contributed by atoms with Gasteiger partial charge >= 0.3 is 0 Å². The third kappa shape index (κ3) is 3.34. The standard InChI is InChI=1S/C19H17N3O5/c23-17-11-14(20-21-18(24)12-4-2-1-3-5-12)19(25)22(17)13-6-7-15-16(10-13)27-9-8-26-15/h1-7,10,14,20H,8-9,11H2,(H,21,24)/t14-/m0/s1. The molecule has 0 unspecified atom stereocenters. The van der Waals surface area contributed by atoms with Crippen LogP contribution < -0.4 is 25.2 Å². The highest BCUT2D eigenvalue weighted by Gasteiger charge is 2.40. The second-order valence-electron chi connectivity index (χ2n) is 6.12. The van der Waals surface area contributed by atoms with Gasteiger partial charge in [0, 0.05) is 11.6 Å². The van der Waals surface area contributed by atoms with Crippen molar-refractivity contribution in [1.29, 1.82) is 0 Å². The summed E-state index contributed by atoms with van der Waals surface area (Å²) in [6.07, 6.45) is -0.0532. The molecule has 4 rings (SSSR count). The number of hydrazine groups is 1. The Morgan fingerprint density at radius 2 is 1.74 bits per heavy atom. The number of carbonyl (C=O) groups excluding carboxylic acids is 3. The van der Waals surface area contributed by atoms with E-state index in [4.69, 9.17) is 9.47 Å². The minimum Gasteiger partial charge on any atom is -0.486 e. The zero-order valence-corrected chi connectivity index (χ0v) is 14.3. The van der Waals surface area contributed by atoms with Crippen LogP contribution in [0.5, 0.6) is 11.5 Å². The molecule has 0 saturated carbocycles. The lowest BCUT2D eigenvalue weighted by Crippen LogP contribution is -2.48. The van der Waals surface area contributed by atoms with Gasteiger partial charge in [-0.25, -0.2) is 10.3 Å². The fraction of sp³-hybridized carbons (Fsp3) is 0.211. The molecule has 27 heavy (non-hydrogen) atoms. The van der Waals surface area contributed by atoms with Crippen molar-refractivity contribution in [3.8, 4) is 11.5 Å². The summed E-state index contributed by atoms with van der Waals surface area (Å²) in [5, 5.41) is 0. The Morgan fingerprint density at radius 1 is 1.00 bits per heavy atom. The number of fused-ring (bicyclic) bond motifs is 1. The van der Waals surface area contributed by atoms with Gasteiger partial charge in [0.1, 0.15) is 19.3 Å². The molecule has 0 bridgehead atoms. The number of ether oxygens (including phenoxy) is 2. The monoisotopic (exact) mass is 367 g/mol. The van der Waals surface area contributed by atoms with Crippen LogP contribution in [0.1, 0.15) is 16.8 Å². The summed E-state index contributed by atoms with van der Waals surface area (Å²) in [6.45, 7) is 0.870. The first-order chi connectivity index (χ1) is 13.1. The van der Waals surface area contributed by atoms with E-state index in [0.717, 1.165) is 4.90 Å². The molecular weight excluding hydrogens is 350 g/mol. The quantitative estimate of drug-likeness (QED) is 0.619. The summed E-state index contributed by atoms with van der Waals surface area (Å²) in [5.41, 5.74) is 5.99. The van der Waals surface area contributed by atoms with E-state index in [1.165, 1.54) is 0 Å². The number of amides is 3. The first-order valence-electron chi connectivity index (χ1n) is 8.51. The zero-order chi connectivity index (χ0) is 18.8. The van der Waals surface area contributed by atoms with E-state index in [2.05, 4.69) is 10.9 Å². The van der Waals surface area contributed by atoms with E-state index in [9.17, 15) is 14.4 Å². The van der Waals surface area contributed by atoms with Gasteiger partial charge in [0.15, 0.2) is 11.5 Å². The molecule has 0 aliphatic carbocycles. The fourth-order valence-corrected chi connectivity index (χ4v) is 3.00. The van der Waals surface area contributed by atoms with Crippen molar-refractivity contribution in [2.75, 3.05) is 18.1 Å². The van der Waals surface area contributed by atoms with E-state index < -0.39 is 11.9 Å². The van der Waals surface area contributed by atoms with Gasteiger partial charge < -0.3 is 9.47 Å². The smallest absolute Gasteiger partial charge is 0.265 e. The molecular formula is C19H17N3O5. The number of hydrogen-bond donors (Lipinski definition) is 2. The molecule has 2 heterocycles. The highest BCUT2D eigenvalue weighted by Crippen LogP contribution is 2.35. The second-order valence-corrected chi connectivity index (χ2v) is 6.12. The first kappa shape index (κ1) is 17.0. The maximum atomic E-state index is 12.7. The van der Waals surface area contributed by atoms with Crippen LogP contribution in [-0.2, 0) is 9.59 Å². The van der Waals surface area contributed by atoms with Gasteiger partial charge in [0.05, 0.1) is 12.1 Å². The third-order valence-electron chi connectivity index (χ3n) is 4.33. The lowest BCUT2D eigenvalue weighted by Gasteiger charge is -2.21. The van der Waals surface area contributed by atoms with Crippen molar-refractivity contribution in [1.82, 2.24) is 10.9 Å². The van der Waals surface area contributed by atoms with Gasteiger partial charge in [-0.2, -0.15) is 0 Å². The maximum Gasteiger partial charge on any atom is 0.265 e. The summed E-state index contributed by atoms with van der Waals surface area (Å²) < 4.78 is 11.0. The van der Waals surface area contributed by atoms with Gasteiger partial charge in [0.2, 0.25) is 5.91 Å². The molecule has 2 aromatic rings. The molecule has 138 valence electrons. The van der Waals surface area contributed by atoms with Crippen LogP contribution in [-0.4, -0.2) is 37.0 Å². The second kappa shape index (κ2) is 7.08. The van der Waals surface area contributed by atoms with Gasteiger partial charge in [-0.3, -0.25) is 19.8 Å². The Morgan fingerprint density at radius 3 is 2.52 bits per heavy atom. The Bertz CT molecular complexity index is 899. The molecule has 1 saturated heterocycles. The molecule has 3 amide bonds. The van der Waals surface area contributed by atoms with Crippen LogP contribution in [0.4, 0.5) is 5.69 Å². The fourth-order valence-electron chi connectivity index (χ4n) is 3.00. The average Bonchev–Trinajstić information content (AvgIpc) is 2.99. The summed E-state index contributed by atoms with van der Waals surface area (Å²) in [7, 11) is 0. The van der Waals surface area contributed by atoms with E-state index in [-0.39, 0.29) is 18.2 Å². The third-order valence-corrected chi connectivity index (χ3v) is 4.33. The molecule has 2 aromatic carbocycles. The van der Waals surface area contributed by atoms with Crippen molar-refractivity contribution in [3.05, 3.63) is 54.1 Å². The minimum atomic E-state index is -0.835.